The highest BCUT2D eigenvalue weighted by Crippen LogP contribution is 2.53. The van der Waals surface area contributed by atoms with Crippen LogP contribution in [0.1, 0.15) is 72.0 Å². The van der Waals surface area contributed by atoms with Crippen LogP contribution in [0.2, 0.25) is 0 Å². The summed E-state index contributed by atoms with van der Waals surface area (Å²) in [6.45, 7) is 3.64. The van der Waals surface area contributed by atoms with E-state index in [-0.39, 0.29) is 22.9 Å². The van der Waals surface area contributed by atoms with Crippen LogP contribution in [0.4, 0.5) is 4.39 Å². The molecule has 1 fully saturated rings. The van der Waals surface area contributed by atoms with Crippen LogP contribution in [0.5, 0.6) is 0 Å². The van der Waals surface area contributed by atoms with E-state index in [2.05, 4.69) is 35.3 Å². The van der Waals surface area contributed by atoms with Crippen molar-refractivity contribution in [1.29, 1.82) is 0 Å². The van der Waals surface area contributed by atoms with Gasteiger partial charge in [0.05, 0.1) is 22.2 Å². The molecule has 0 spiro atoms. The van der Waals surface area contributed by atoms with E-state index >= 15 is 0 Å². The quantitative estimate of drug-likeness (QED) is 0.177. The standard InChI is InChI=1S/C33H34FNO3S2/c1-32(2,38)26-9-4-3-7-23(26)11-13-28(39-21-33(16-17-33)20-31(36)37)24-8-5-6-22(18-24)10-15-30-35-27-19-25(34)12-14-29(27)40-30/h3-10,12,14-15,18-19,28,38H,11,13,16-17,20-21H2,1-2H3,(H,36,37)/b15-10+. The number of benzene rings is 3. The molecule has 2 N–H and O–H groups in total. The van der Waals surface area contributed by atoms with Crippen LogP contribution in [0.15, 0.2) is 66.7 Å². The van der Waals surface area contributed by atoms with Crippen molar-refractivity contribution >= 4 is 51.4 Å². The number of carboxylic acid groups (broad SMARTS) is 1. The van der Waals surface area contributed by atoms with Crippen molar-refractivity contribution in [2.24, 2.45) is 5.41 Å². The molecule has 0 aliphatic heterocycles. The smallest absolute Gasteiger partial charge is 0.303 e. The maximum atomic E-state index is 13.6. The minimum Gasteiger partial charge on any atom is -0.481 e. The Hall–Kier alpha value is -3.00. The number of hydrogen-bond acceptors (Lipinski definition) is 5. The number of aliphatic hydroxyl groups is 1. The van der Waals surface area contributed by atoms with E-state index in [9.17, 15) is 19.4 Å². The van der Waals surface area contributed by atoms with E-state index in [1.54, 1.807) is 6.07 Å². The van der Waals surface area contributed by atoms with Gasteiger partial charge >= 0.3 is 5.97 Å². The second-order valence-corrected chi connectivity index (χ2v) is 13.5. The van der Waals surface area contributed by atoms with E-state index in [0.717, 1.165) is 57.8 Å². The first-order valence-electron chi connectivity index (χ1n) is 13.6. The Kier molecular flexibility index (Phi) is 8.45. The van der Waals surface area contributed by atoms with Gasteiger partial charge in [0.25, 0.3) is 0 Å². The van der Waals surface area contributed by atoms with Gasteiger partial charge in [-0.25, -0.2) is 9.37 Å². The fourth-order valence-electron chi connectivity index (χ4n) is 5.14. The number of aliphatic carboxylic acids is 1. The minimum atomic E-state index is -0.921. The molecule has 0 bridgehead atoms. The third kappa shape index (κ3) is 7.19. The van der Waals surface area contributed by atoms with Gasteiger partial charge in [0.15, 0.2) is 0 Å². The van der Waals surface area contributed by atoms with E-state index in [1.807, 2.05) is 56.0 Å². The largest absolute Gasteiger partial charge is 0.481 e. The van der Waals surface area contributed by atoms with Gasteiger partial charge in [0.2, 0.25) is 0 Å². The van der Waals surface area contributed by atoms with Crippen LogP contribution >= 0.6 is 23.1 Å². The number of thiazole rings is 1. The highest BCUT2D eigenvalue weighted by Gasteiger charge is 2.44. The van der Waals surface area contributed by atoms with Gasteiger partial charge in [-0.05, 0) is 85.4 Å². The molecule has 1 aliphatic rings. The molecule has 40 heavy (non-hydrogen) atoms. The van der Waals surface area contributed by atoms with Crippen molar-refractivity contribution in [1.82, 2.24) is 4.98 Å². The number of fused-ring (bicyclic) bond motifs is 1. The van der Waals surface area contributed by atoms with Crippen molar-refractivity contribution in [3.8, 4) is 0 Å². The summed E-state index contributed by atoms with van der Waals surface area (Å²) in [5.41, 5.74) is 3.98. The van der Waals surface area contributed by atoms with Gasteiger partial charge in [0.1, 0.15) is 10.8 Å². The van der Waals surface area contributed by atoms with Crippen LogP contribution < -0.4 is 0 Å². The number of nitrogens with zero attached hydrogens (tertiary/aromatic N) is 1. The van der Waals surface area contributed by atoms with Crippen LogP contribution in [0.3, 0.4) is 0 Å². The number of halogens is 1. The molecule has 4 nitrogen and oxygen atoms in total. The lowest BCUT2D eigenvalue weighted by Gasteiger charge is -2.24. The maximum absolute atomic E-state index is 13.6. The number of rotatable bonds is 12. The topological polar surface area (TPSA) is 70.4 Å². The summed E-state index contributed by atoms with van der Waals surface area (Å²) in [4.78, 5) is 16.0. The zero-order valence-corrected chi connectivity index (χ0v) is 24.4. The second kappa shape index (κ2) is 11.9. The van der Waals surface area contributed by atoms with Crippen molar-refractivity contribution < 1.29 is 19.4 Å². The number of carboxylic acids is 1. The first-order valence-corrected chi connectivity index (χ1v) is 15.5. The Balaban J connectivity index is 1.37. The first kappa shape index (κ1) is 28.5. The Bertz CT molecular complexity index is 1530. The highest BCUT2D eigenvalue weighted by molar-refractivity contribution is 7.99. The zero-order chi connectivity index (χ0) is 28.3. The third-order valence-electron chi connectivity index (χ3n) is 7.49. The van der Waals surface area contributed by atoms with Gasteiger partial charge in [-0.15, -0.1) is 11.3 Å². The fraction of sp³-hybridized carbons (Fsp3) is 0.333. The van der Waals surface area contributed by atoms with Crippen LogP contribution in [-0.2, 0) is 16.8 Å². The molecule has 1 unspecified atom stereocenters. The average Bonchev–Trinajstić information content (AvgIpc) is 3.54. The Morgan fingerprint density at radius 3 is 2.67 bits per heavy atom. The van der Waals surface area contributed by atoms with E-state index in [4.69, 9.17) is 0 Å². The number of thioether (sulfide) groups is 1. The summed E-state index contributed by atoms with van der Waals surface area (Å²) in [7, 11) is 0. The fourth-order valence-corrected chi connectivity index (χ4v) is 7.55. The molecule has 1 atom stereocenters. The molecule has 1 saturated carbocycles. The summed E-state index contributed by atoms with van der Waals surface area (Å²) in [6, 6.07) is 21.2. The molecule has 0 radical (unpaired) electrons. The van der Waals surface area contributed by atoms with Gasteiger partial charge in [-0.3, -0.25) is 4.79 Å². The Morgan fingerprint density at radius 2 is 1.93 bits per heavy atom. The molecule has 1 heterocycles. The number of aryl methyl sites for hydroxylation is 1. The van der Waals surface area contributed by atoms with Crippen molar-refractivity contribution in [3.63, 3.8) is 0 Å². The summed E-state index contributed by atoms with van der Waals surface area (Å²) in [5, 5.41) is 21.1. The van der Waals surface area contributed by atoms with Gasteiger partial charge in [-0.2, -0.15) is 11.8 Å². The average molecular weight is 576 g/mol. The minimum absolute atomic E-state index is 0.0937. The molecular weight excluding hydrogens is 541 g/mol. The van der Waals surface area contributed by atoms with Gasteiger partial charge in [-0.1, -0.05) is 54.6 Å². The molecule has 1 aromatic heterocycles. The van der Waals surface area contributed by atoms with Gasteiger partial charge < -0.3 is 10.2 Å². The van der Waals surface area contributed by atoms with E-state index < -0.39 is 11.6 Å². The molecular formula is C33H34FNO3S2. The zero-order valence-electron chi connectivity index (χ0n) is 22.8. The number of carbonyl (C=O) groups is 1. The third-order valence-corrected chi connectivity index (χ3v) is 10.2. The van der Waals surface area contributed by atoms with Crippen LogP contribution in [-0.4, -0.2) is 26.9 Å². The lowest BCUT2D eigenvalue weighted by molar-refractivity contribution is -0.138. The predicted molar refractivity (Wildman–Crippen MR) is 164 cm³/mol. The molecule has 3 aromatic carbocycles. The summed E-state index contributed by atoms with van der Waals surface area (Å²) in [6.07, 6.45) is 7.85. The molecule has 1 aliphatic carbocycles. The van der Waals surface area contributed by atoms with Crippen molar-refractivity contribution in [2.45, 2.75) is 56.8 Å². The maximum Gasteiger partial charge on any atom is 0.303 e. The molecule has 5 rings (SSSR count). The predicted octanol–water partition coefficient (Wildman–Crippen LogP) is 8.50. The number of hydrogen-bond donors (Lipinski definition) is 2. The normalized spacial score (nSPS) is 15.5. The second-order valence-electron chi connectivity index (χ2n) is 11.3. The van der Waals surface area contributed by atoms with Crippen LogP contribution in [0, 0.1) is 11.2 Å². The molecule has 0 saturated heterocycles. The lowest BCUT2D eigenvalue weighted by atomic mass is 9.90. The summed E-state index contributed by atoms with van der Waals surface area (Å²) >= 11 is 3.38. The lowest BCUT2D eigenvalue weighted by Crippen LogP contribution is -2.18. The van der Waals surface area contributed by atoms with Crippen molar-refractivity contribution in [2.75, 3.05) is 5.75 Å². The monoisotopic (exact) mass is 575 g/mol. The van der Waals surface area contributed by atoms with Crippen LogP contribution in [0.25, 0.3) is 22.4 Å². The first-order chi connectivity index (χ1) is 19.1. The van der Waals surface area contributed by atoms with E-state index in [1.165, 1.54) is 29.0 Å². The molecule has 208 valence electrons. The number of aromatic nitrogens is 1. The molecule has 0 amide bonds. The van der Waals surface area contributed by atoms with Gasteiger partial charge in [0, 0.05) is 17.1 Å². The summed E-state index contributed by atoms with van der Waals surface area (Å²) < 4.78 is 14.5. The Morgan fingerprint density at radius 1 is 1.12 bits per heavy atom. The van der Waals surface area contributed by atoms with E-state index in [0.29, 0.717) is 5.52 Å². The molecule has 4 aromatic rings. The SMILES string of the molecule is CC(C)(O)c1ccccc1CCC(SCC1(CC(=O)O)CC1)c1cccc(/C=C/c2nc3cc(F)ccc3s2)c1. The summed E-state index contributed by atoms with van der Waals surface area (Å²) in [5.74, 6) is -0.191. The van der Waals surface area contributed by atoms with Crippen molar-refractivity contribution in [3.05, 3.63) is 99.8 Å². The Labute approximate surface area is 243 Å². The highest BCUT2D eigenvalue weighted by atomic mass is 32.2. The molecule has 7 heteroatoms.